The molecule has 16 heavy (non-hydrogen) atoms. The molecule has 2 atom stereocenters. The predicted octanol–water partition coefficient (Wildman–Crippen LogP) is 1.01. The molecule has 0 spiro atoms. The summed E-state index contributed by atoms with van der Waals surface area (Å²) >= 11 is 0. The predicted molar refractivity (Wildman–Crippen MR) is 61.4 cm³/mol. The third-order valence-electron chi connectivity index (χ3n) is 2.38. The number of unbranched alkanes of at least 4 members (excludes halogenated alkanes) is 1. The van der Waals surface area contributed by atoms with Crippen LogP contribution in [0.25, 0.3) is 0 Å². The fourth-order valence-electron chi connectivity index (χ4n) is 1.27. The van der Waals surface area contributed by atoms with Crippen LogP contribution < -0.4 is 5.73 Å². The first-order chi connectivity index (χ1) is 7.40. The Morgan fingerprint density at radius 3 is 2.62 bits per heavy atom. The lowest BCUT2D eigenvalue weighted by Gasteiger charge is -2.19. The third-order valence-corrected chi connectivity index (χ3v) is 2.38. The Kier molecular flexibility index (Phi) is 7.29. The van der Waals surface area contributed by atoms with E-state index in [2.05, 4.69) is 0 Å². The van der Waals surface area contributed by atoms with Gasteiger partial charge in [-0.2, -0.15) is 0 Å². The second-order valence-corrected chi connectivity index (χ2v) is 4.32. The fourth-order valence-corrected chi connectivity index (χ4v) is 1.27. The molecule has 0 rings (SSSR count). The summed E-state index contributed by atoms with van der Waals surface area (Å²) in [6.45, 7) is 4.65. The van der Waals surface area contributed by atoms with E-state index >= 15 is 0 Å². The Morgan fingerprint density at radius 2 is 2.12 bits per heavy atom. The summed E-state index contributed by atoms with van der Waals surface area (Å²) in [5.74, 6) is -0.957. The molecule has 0 heterocycles. The Balaban J connectivity index is 3.50. The lowest BCUT2D eigenvalue weighted by molar-refractivity contribution is -0.143. The second-order valence-electron chi connectivity index (χ2n) is 4.32. The number of carboxylic acid groups (broad SMARTS) is 1. The maximum atomic E-state index is 10.7. The van der Waals surface area contributed by atoms with Crippen LogP contribution in [0.1, 0.15) is 33.1 Å². The number of carbonyl (C=O) groups is 1. The van der Waals surface area contributed by atoms with Gasteiger partial charge in [0.2, 0.25) is 0 Å². The van der Waals surface area contributed by atoms with Gasteiger partial charge in [0.1, 0.15) is 5.54 Å². The van der Waals surface area contributed by atoms with Gasteiger partial charge < -0.3 is 20.3 Å². The van der Waals surface area contributed by atoms with E-state index in [0.717, 1.165) is 12.8 Å². The van der Waals surface area contributed by atoms with Crippen molar-refractivity contribution >= 4 is 5.97 Å². The van der Waals surface area contributed by atoms with Gasteiger partial charge in [-0.05, 0) is 33.1 Å². The number of aliphatic carboxylic acids is 1. The van der Waals surface area contributed by atoms with E-state index in [0.29, 0.717) is 19.6 Å². The number of carboxylic acids is 1. The summed E-state index contributed by atoms with van der Waals surface area (Å²) in [6.07, 6.45) is 2.10. The summed E-state index contributed by atoms with van der Waals surface area (Å²) in [4.78, 5) is 10.7. The van der Waals surface area contributed by atoms with Crippen LogP contribution in [-0.4, -0.2) is 43.0 Å². The summed E-state index contributed by atoms with van der Waals surface area (Å²) in [7, 11) is 1.63. The molecule has 96 valence electrons. The maximum absolute atomic E-state index is 10.7. The summed E-state index contributed by atoms with van der Waals surface area (Å²) in [5, 5.41) is 8.78. The van der Waals surface area contributed by atoms with Crippen LogP contribution in [0.5, 0.6) is 0 Å². The molecule has 0 aromatic heterocycles. The largest absolute Gasteiger partial charge is 0.480 e. The van der Waals surface area contributed by atoms with E-state index in [1.807, 2.05) is 6.92 Å². The zero-order valence-electron chi connectivity index (χ0n) is 10.4. The van der Waals surface area contributed by atoms with Crippen LogP contribution in [-0.2, 0) is 14.3 Å². The number of ether oxygens (including phenoxy) is 2. The summed E-state index contributed by atoms with van der Waals surface area (Å²) in [5.41, 5.74) is 4.46. The smallest absolute Gasteiger partial charge is 0.323 e. The van der Waals surface area contributed by atoms with Gasteiger partial charge in [-0.3, -0.25) is 4.79 Å². The highest BCUT2D eigenvalue weighted by Crippen LogP contribution is 2.11. The van der Waals surface area contributed by atoms with Crippen molar-refractivity contribution in [2.24, 2.45) is 5.73 Å². The minimum Gasteiger partial charge on any atom is -0.480 e. The Bertz CT molecular complexity index is 206. The number of rotatable bonds is 9. The summed E-state index contributed by atoms with van der Waals surface area (Å²) in [6, 6.07) is 0. The molecule has 0 fully saturated rings. The van der Waals surface area contributed by atoms with Gasteiger partial charge in [-0.1, -0.05) is 0 Å². The van der Waals surface area contributed by atoms with Gasteiger partial charge in [0.05, 0.1) is 12.7 Å². The molecule has 2 unspecified atom stereocenters. The van der Waals surface area contributed by atoms with Crippen molar-refractivity contribution in [2.45, 2.75) is 44.8 Å². The quantitative estimate of drug-likeness (QED) is 0.581. The van der Waals surface area contributed by atoms with Crippen LogP contribution in [0.15, 0.2) is 0 Å². The van der Waals surface area contributed by atoms with E-state index in [-0.39, 0.29) is 6.10 Å². The standard InChI is InChI=1S/C11H23NO4/c1-9(8-15-3)16-7-5-4-6-11(2,12)10(13)14/h9H,4-8,12H2,1-3H3,(H,13,14). The molecule has 0 aliphatic heterocycles. The van der Waals surface area contributed by atoms with Crippen LogP contribution in [0.2, 0.25) is 0 Å². The molecule has 0 aromatic carbocycles. The third kappa shape index (κ3) is 6.76. The molecule has 0 aliphatic carbocycles. The highest BCUT2D eigenvalue weighted by atomic mass is 16.5. The zero-order valence-corrected chi connectivity index (χ0v) is 10.4. The van der Waals surface area contributed by atoms with Crippen molar-refractivity contribution in [1.82, 2.24) is 0 Å². The van der Waals surface area contributed by atoms with Crippen LogP contribution >= 0.6 is 0 Å². The van der Waals surface area contributed by atoms with E-state index in [1.165, 1.54) is 6.92 Å². The lowest BCUT2D eigenvalue weighted by Crippen LogP contribution is -2.44. The van der Waals surface area contributed by atoms with Crippen molar-refractivity contribution in [1.29, 1.82) is 0 Å². The van der Waals surface area contributed by atoms with Gasteiger partial charge in [0.25, 0.3) is 0 Å². The van der Waals surface area contributed by atoms with Crippen molar-refractivity contribution in [2.75, 3.05) is 20.3 Å². The highest BCUT2D eigenvalue weighted by Gasteiger charge is 2.26. The molecular formula is C11H23NO4. The molecule has 5 nitrogen and oxygen atoms in total. The molecule has 0 radical (unpaired) electrons. The van der Waals surface area contributed by atoms with E-state index in [4.69, 9.17) is 20.3 Å². The Hall–Kier alpha value is -0.650. The first kappa shape index (κ1) is 15.3. The lowest BCUT2D eigenvalue weighted by atomic mass is 9.97. The van der Waals surface area contributed by atoms with Crippen molar-refractivity contribution in [3.8, 4) is 0 Å². The summed E-state index contributed by atoms with van der Waals surface area (Å²) < 4.78 is 10.4. The van der Waals surface area contributed by atoms with Crippen LogP contribution in [0.3, 0.4) is 0 Å². The van der Waals surface area contributed by atoms with Gasteiger partial charge in [0.15, 0.2) is 0 Å². The Labute approximate surface area is 96.9 Å². The average Bonchev–Trinajstić information content (AvgIpc) is 2.17. The van der Waals surface area contributed by atoms with E-state index in [1.54, 1.807) is 7.11 Å². The molecule has 0 aromatic rings. The number of hydrogen-bond donors (Lipinski definition) is 2. The molecule has 5 heteroatoms. The van der Waals surface area contributed by atoms with Crippen molar-refractivity contribution < 1.29 is 19.4 Å². The molecular weight excluding hydrogens is 210 g/mol. The number of nitrogens with two attached hydrogens (primary N) is 1. The van der Waals surface area contributed by atoms with Gasteiger partial charge in [-0.25, -0.2) is 0 Å². The minimum absolute atomic E-state index is 0.0775. The number of hydrogen-bond acceptors (Lipinski definition) is 4. The van der Waals surface area contributed by atoms with Crippen LogP contribution in [0, 0.1) is 0 Å². The first-order valence-electron chi connectivity index (χ1n) is 5.53. The first-order valence-corrected chi connectivity index (χ1v) is 5.53. The topological polar surface area (TPSA) is 81.8 Å². The maximum Gasteiger partial charge on any atom is 0.323 e. The molecule has 0 bridgehead atoms. The highest BCUT2D eigenvalue weighted by molar-refractivity contribution is 5.77. The second kappa shape index (κ2) is 7.60. The average molecular weight is 233 g/mol. The minimum atomic E-state index is -1.13. The SMILES string of the molecule is COCC(C)OCCCCC(C)(N)C(=O)O. The number of methoxy groups -OCH3 is 1. The van der Waals surface area contributed by atoms with Crippen molar-refractivity contribution in [3.63, 3.8) is 0 Å². The fraction of sp³-hybridized carbons (Fsp3) is 0.909. The molecule has 0 amide bonds. The monoisotopic (exact) mass is 233 g/mol. The normalized spacial score (nSPS) is 16.8. The van der Waals surface area contributed by atoms with E-state index in [9.17, 15) is 4.79 Å². The molecule has 0 aliphatic rings. The molecule has 0 saturated heterocycles. The van der Waals surface area contributed by atoms with Gasteiger partial charge in [-0.15, -0.1) is 0 Å². The van der Waals surface area contributed by atoms with Gasteiger partial charge >= 0.3 is 5.97 Å². The Morgan fingerprint density at radius 1 is 1.50 bits per heavy atom. The van der Waals surface area contributed by atoms with Crippen molar-refractivity contribution in [3.05, 3.63) is 0 Å². The van der Waals surface area contributed by atoms with Crippen LogP contribution in [0.4, 0.5) is 0 Å². The molecule has 0 saturated carbocycles. The zero-order chi connectivity index (χ0) is 12.6. The molecule has 3 N–H and O–H groups in total. The van der Waals surface area contributed by atoms with E-state index < -0.39 is 11.5 Å². The van der Waals surface area contributed by atoms with Gasteiger partial charge in [0, 0.05) is 13.7 Å².